The second-order valence-electron chi connectivity index (χ2n) is 4.01. The highest BCUT2D eigenvalue weighted by Crippen LogP contribution is 2.15. The van der Waals surface area contributed by atoms with Gasteiger partial charge in [0.1, 0.15) is 0 Å². The smallest absolute Gasteiger partial charge is 0.237 e. The molecule has 2 unspecified atom stereocenters. The molecule has 0 bridgehead atoms. The minimum absolute atomic E-state index is 0.0274. The van der Waals surface area contributed by atoms with E-state index in [0.29, 0.717) is 6.42 Å². The lowest BCUT2D eigenvalue weighted by Crippen LogP contribution is -2.41. The van der Waals surface area contributed by atoms with Crippen molar-refractivity contribution >= 4 is 5.91 Å². The summed E-state index contributed by atoms with van der Waals surface area (Å²) in [7, 11) is 0. The molecule has 17 heavy (non-hydrogen) atoms. The van der Waals surface area contributed by atoms with Crippen LogP contribution in [0.3, 0.4) is 0 Å². The van der Waals surface area contributed by atoms with Gasteiger partial charge in [0.15, 0.2) is 0 Å². The van der Waals surface area contributed by atoms with Crippen LogP contribution < -0.4 is 11.1 Å². The van der Waals surface area contributed by atoms with E-state index in [-0.39, 0.29) is 11.9 Å². The lowest BCUT2D eigenvalue weighted by molar-refractivity contribution is -0.123. The van der Waals surface area contributed by atoms with Crippen LogP contribution in [-0.2, 0) is 4.79 Å². The molecule has 0 aromatic heterocycles. The van der Waals surface area contributed by atoms with Gasteiger partial charge < -0.3 is 11.1 Å². The second-order valence-corrected chi connectivity index (χ2v) is 4.01. The number of carbonyl (C=O) groups is 1. The van der Waals surface area contributed by atoms with E-state index in [9.17, 15) is 4.79 Å². The zero-order chi connectivity index (χ0) is 12.7. The third kappa shape index (κ3) is 4.04. The maximum Gasteiger partial charge on any atom is 0.237 e. The van der Waals surface area contributed by atoms with Gasteiger partial charge in [-0.3, -0.25) is 4.79 Å². The number of hydrogen-bond acceptors (Lipinski definition) is 2. The van der Waals surface area contributed by atoms with Crippen molar-refractivity contribution in [2.45, 2.75) is 31.8 Å². The van der Waals surface area contributed by atoms with Gasteiger partial charge in [0, 0.05) is 0 Å². The monoisotopic (exact) mass is 232 g/mol. The van der Waals surface area contributed by atoms with Crippen LogP contribution >= 0.6 is 0 Å². The summed E-state index contributed by atoms with van der Waals surface area (Å²) in [5.74, 6) is -0.124. The molecule has 0 aliphatic heterocycles. The first-order valence-electron chi connectivity index (χ1n) is 5.90. The fraction of sp³-hybridized carbons (Fsp3) is 0.357. The van der Waals surface area contributed by atoms with E-state index in [4.69, 9.17) is 5.73 Å². The molecule has 0 radical (unpaired) electrons. The van der Waals surface area contributed by atoms with Crippen molar-refractivity contribution in [2.75, 3.05) is 0 Å². The standard InChI is InChI=1S/C14H20N2O/c1-3-8-12(15)14(17)16-13(4-2)11-9-6-5-7-10-11/h3,5-7,9-10,12-13H,1,4,8,15H2,2H3,(H,16,17). The van der Waals surface area contributed by atoms with Crippen LogP contribution in [0.1, 0.15) is 31.4 Å². The number of nitrogens with two attached hydrogens (primary N) is 1. The Balaban J connectivity index is 2.64. The third-order valence-corrected chi connectivity index (χ3v) is 2.68. The number of nitrogens with one attached hydrogen (secondary N) is 1. The molecule has 3 N–H and O–H groups in total. The first-order valence-corrected chi connectivity index (χ1v) is 5.90. The van der Waals surface area contributed by atoms with E-state index in [0.717, 1.165) is 12.0 Å². The highest BCUT2D eigenvalue weighted by molar-refractivity contribution is 5.82. The van der Waals surface area contributed by atoms with Crippen LogP contribution in [0.25, 0.3) is 0 Å². The van der Waals surface area contributed by atoms with Crippen LogP contribution in [0.4, 0.5) is 0 Å². The largest absolute Gasteiger partial charge is 0.348 e. The predicted octanol–water partition coefficient (Wildman–Crippen LogP) is 2.16. The number of benzene rings is 1. The zero-order valence-electron chi connectivity index (χ0n) is 10.2. The molecule has 2 atom stereocenters. The molecule has 0 fully saturated rings. The molecule has 1 amide bonds. The van der Waals surface area contributed by atoms with Gasteiger partial charge >= 0.3 is 0 Å². The second kappa shape index (κ2) is 6.86. The summed E-state index contributed by atoms with van der Waals surface area (Å²) in [5.41, 5.74) is 6.83. The summed E-state index contributed by atoms with van der Waals surface area (Å²) < 4.78 is 0. The molecule has 0 spiro atoms. The summed E-state index contributed by atoms with van der Waals surface area (Å²) in [6.45, 7) is 5.62. The topological polar surface area (TPSA) is 55.1 Å². The molecule has 1 rings (SSSR count). The summed E-state index contributed by atoms with van der Waals surface area (Å²) in [6.07, 6.45) is 3.00. The molecule has 3 nitrogen and oxygen atoms in total. The van der Waals surface area contributed by atoms with Crippen molar-refractivity contribution in [3.05, 3.63) is 48.6 Å². The van der Waals surface area contributed by atoms with Crippen LogP contribution in [0, 0.1) is 0 Å². The van der Waals surface area contributed by atoms with Crippen molar-refractivity contribution in [3.63, 3.8) is 0 Å². The van der Waals surface area contributed by atoms with Gasteiger partial charge in [-0.15, -0.1) is 6.58 Å². The zero-order valence-corrected chi connectivity index (χ0v) is 10.2. The van der Waals surface area contributed by atoms with E-state index in [1.165, 1.54) is 0 Å². The Morgan fingerprint density at radius 2 is 2.12 bits per heavy atom. The van der Waals surface area contributed by atoms with Gasteiger partial charge in [0.05, 0.1) is 12.1 Å². The molecule has 0 saturated carbocycles. The fourth-order valence-corrected chi connectivity index (χ4v) is 1.67. The van der Waals surface area contributed by atoms with Crippen molar-refractivity contribution in [1.82, 2.24) is 5.32 Å². The Labute approximate surface area is 103 Å². The van der Waals surface area contributed by atoms with E-state index < -0.39 is 6.04 Å². The van der Waals surface area contributed by atoms with Gasteiger partial charge in [-0.1, -0.05) is 43.3 Å². The molecule has 3 heteroatoms. The van der Waals surface area contributed by atoms with Gasteiger partial charge in [-0.2, -0.15) is 0 Å². The Bertz CT molecular complexity index is 362. The minimum Gasteiger partial charge on any atom is -0.348 e. The molecule has 1 aromatic carbocycles. The van der Waals surface area contributed by atoms with Crippen LogP contribution in [-0.4, -0.2) is 11.9 Å². The molecule has 92 valence electrons. The number of carbonyl (C=O) groups excluding carboxylic acids is 1. The Morgan fingerprint density at radius 3 is 2.65 bits per heavy atom. The lowest BCUT2D eigenvalue weighted by atomic mass is 10.0. The van der Waals surface area contributed by atoms with Crippen LogP contribution in [0.2, 0.25) is 0 Å². The maximum atomic E-state index is 11.8. The first-order chi connectivity index (χ1) is 8.19. The highest BCUT2D eigenvalue weighted by atomic mass is 16.2. The third-order valence-electron chi connectivity index (χ3n) is 2.68. The first kappa shape index (κ1) is 13.5. The Morgan fingerprint density at radius 1 is 1.47 bits per heavy atom. The van der Waals surface area contributed by atoms with E-state index in [1.54, 1.807) is 6.08 Å². The summed E-state index contributed by atoms with van der Waals surface area (Å²) in [6, 6.07) is 9.43. The van der Waals surface area contributed by atoms with Crippen LogP contribution in [0.15, 0.2) is 43.0 Å². The SMILES string of the molecule is C=CCC(N)C(=O)NC(CC)c1ccccc1. The molecule has 0 heterocycles. The molecular formula is C14H20N2O. The average molecular weight is 232 g/mol. The lowest BCUT2D eigenvalue weighted by Gasteiger charge is -2.19. The van der Waals surface area contributed by atoms with Gasteiger partial charge in [-0.25, -0.2) is 0 Å². The number of hydrogen-bond donors (Lipinski definition) is 2. The average Bonchev–Trinajstić information content (AvgIpc) is 2.37. The Hall–Kier alpha value is -1.61. The van der Waals surface area contributed by atoms with Gasteiger partial charge in [-0.05, 0) is 18.4 Å². The minimum atomic E-state index is -0.509. The van der Waals surface area contributed by atoms with Gasteiger partial charge in [0.25, 0.3) is 0 Å². The van der Waals surface area contributed by atoms with Crippen molar-refractivity contribution < 1.29 is 4.79 Å². The molecule has 0 aliphatic carbocycles. The normalized spacial score (nSPS) is 13.8. The van der Waals surface area contributed by atoms with E-state index in [2.05, 4.69) is 11.9 Å². The van der Waals surface area contributed by atoms with Crippen molar-refractivity contribution in [1.29, 1.82) is 0 Å². The summed E-state index contributed by atoms with van der Waals surface area (Å²) in [5, 5.41) is 2.96. The number of amides is 1. The van der Waals surface area contributed by atoms with E-state index in [1.807, 2.05) is 37.3 Å². The fourth-order valence-electron chi connectivity index (χ4n) is 1.67. The molecule has 0 saturated heterocycles. The van der Waals surface area contributed by atoms with Gasteiger partial charge in [0.2, 0.25) is 5.91 Å². The summed E-state index contributed by atoms with van der Waals surface area (Å²) >= 11 is 0. The molecule has 0 aliphatic rings. The maximum absolute atomic E-state index is 11.8. The van der Waals surface area contributed by atoms with Crippen LogP contribution in [0.5, 0.6) is 0 Å². The molecule has 1 aromatic rings. The quantitative estimate of drug-likeness (QED) is 0.738. The number of rotatable bonds is 6. The van der Waals surface area contributed by atoms with Crippen molar-refractivity contribution in [3.8, 4) is 0 Å². The van der Waals surface area contributed by atoms with Crippen molar-refractivity contribution in [2.24, 2.45) is 5.73 Å². The van der Waals surface area contributed by atoms with E-state index >= 15 is 0 Å². The predicted molar refractivity (Wildman–Crippen MR) is 70.4 cm³/mol. The summed E-state index contributed by atoms with van der Waals surface area (Å²) in [4.78, 5) is 11.8. The highest BCUT2D eigenvalue weighted by Gasteiger charge is 2.16. The Kier molecular flexibility index (Phi) is 5.43. The molecular weight excluding hydrogens is 212 g/mol.